The van der Waals surface area contributed by atoms with Gasteiger partial charge in [0.05, 0.1) is 5.60 Å². The molecule has 4 heteroatoms. The fourth-order valence-corrected chi connectivity index (χ4v) is 5.58. The van der Waals surface area contributed by atoms with Crippen LogP contribution in [0.3, 0.4) is 0 Å². The van der Waals surface area contributed by atoms with Crippen molar-refractivity contribution < 1.29 is 10.2 Å². The summed E-state index contributed by atoms with van der Waals surface area (Å²) in [5.41, 5.74) is 2.83. The molecule has 126 valence electrons. The van der Waals surface area contributed by atoms with Gasteiger partial charge in [-0.25, -0.2) is 0 Å². The van der Waals surface area contributed by atoms with Crippen LogP contribution in [0, 0.1) is 0 Å². The van der Waals surface area contributed by atoms with Gasteiger partial charge in [-0.1, -0.05) is 31.0 Å². The lowest BCUT2D eigenvalue weighted by Crippen LogP contribution is -2.71. The first kappa shape index (κ1) is 15.6. The summed E-state index contributed by atoms with van der Waals surface area (Å²) >= 11 is 0. The Bertz CT molecular complexity index is 619. The first-order chi connectivity index (χ1) is 11.0. The van der Waals surface area contributed by atoms with E-state index in [0.29, 0.717) is 0 Å². The van der Waals surface area contributed by atoms with Gasteiger partial charge in [0.25, 0.3) is 0 Å². The van der Waals surface area contributed by atoms with E-state index in [1.54, 1.807) is 7.05 Å². The second-order valence-corrected chi connectivity index (χ2v) is 7.77. The Morgan fingerprint density at radius 3 is 2.83 bits per heavy atom. The number of aliphatic hydroxyl groups excluding tert-OH is 1. The summed E-state index contributed by atoms with van der Waals surface area (Å²) in [7, 11) is 3.93. The quantitative estimate of drug-likeness (QED) is 0.727. The monoisotopic (exact) mass is 316 g/mol. The van der Waals surface area contributed by atoms with Gasteiger partial charge in [0.15, 0.2) is 0 Å². The summed E-state index contributed by atoms with van der Waals surface area (Å²) in [5, 5.41) is 24.8. The van der Waals surface area contributed by atoms with E-state index in [9.17, 15) is 10.2 Å². The van der Waals surface area contributed by atoms with Crippen molar-refractivity contribution in [2.45, 2.75) is 61.8 Å². The van der Waals surface area contributed by atoms with E-state index in [4.69, 9.17) is 0 Å². The molecule has 1 saturated carbocycles. The van der Waals surface area contributed by atoms with Crippen molar-refractivity contribution in [2.75, 3.05) is 20.6 Å². The zero-order valence-electron chi connectivity index (χ0n) is 14.2. The minimum Gasteiger partial charge on any atom is -0.387 e. The standard InChI is InChI=1S/C19H28N2O2/c1-20-17(22)14-6-5-13-12-16-19(23)8-4-3-7-18(19,15(13)11-14)9-10-21(16)2/h5-6,11,16-17,20,22-23H,3-4,7-10,12H2,1-2H3/t16-,17?,18+,19-/m1/s1. The number of benzene rings is 1. The molecule has 0 aromatic heterocycles. The molecule has 2 fully saturated rings. The number of nitrogens with one attached hydrogen (secondary N) is 1. The third kappa shape index (κ3) is 1.99. The molecule has 2 aliphatic carbocycles. The lowest BCUT2D eigenvalue weighted by Gasteiger charge is -2.63. The van der Waals surface area contributed by atoms with Crippen LogP contribution in [0.25, 0.3) is 0 Å². The summed E-state index contributed by atoms with van der Waals surface area (Å²) in [5.74, 6) is 0. The summed E-state index contributed by atoms with van der Waals surface area (Å²) in [4.78, 5) is 2.36. The molecule has 1 unspecified atom stereocenters. The first-order valence-electron chi connectivity index (χ1n) is 8.93. The second kappa shape index (κ2) is 5.28. The number of hydrogen-bond acceptors (Lipinski definition) is 4. The first-order valence-corrected chi connectivity index (χ1v) is 8.93. The van der Waals surface area contributed by atoms with Crippen LogP contribution in [0.1, 0.15) is 55.0 Å². The lowest BCUT2D eigenvalue weighted by molar-refractivity contribution is -0.160. The number of hydrogen-bond donors (Lipinski definition) is 3. The highest BCUT2D eigenvalue weighted by Crippen LogP contribution is 2.58. The van der Waals surface area contributed by atoms with Crippen LogP contribution in [-0.4, -0.2) is 47.4 Å². The smallest absolute Gasteiger partial charge is 0.130 e. The van der Waals surface area contributed by atoms with Crippen molar-refractivity contribution in [1.82, 2.24) is 10.2 Å². The Balaban J connectivity index is 1.89. The van der Waals surface area contributed by atoms with Crippen LogP contribution < -0.4 is 5.32 Å². The molecule has 4 rings (SSSR count). The van der Waals surface area contributed by atoms with Crippen molar-refractivity contribution in [1.29, 1.82) is 0 Å². The van der Waals surface area contributed by atoms with E-state index in [-0.39, 0.29) is 11.5 Å². The highest BCUT2D eigenvalue weighted by atomic mass is 16.3. The Labute approximate surface area is 138 Å². The molecule has 1 heterocycles. The highest BCUT2D eigenvalue weighted by molar-refractivity contribution is 5.47. The lowest BCUT2D eigenvalue weighted by atomic mass is 9.49. The number of aliphatic hydroxyl groups is 2. The highest BCUT2D eigenvalue weighted by Gasteiger charge is 2.62. The molecule has 4 atom stereocenters. The minimum absolute atomic E-state index is 0.126. The number of piperidine rings is 1. The summed E-state index contributed by atoms with van der Waals surface area (Å²) in [6.07, 6.45) is 5.58. The Hall–Kier alpha value is -0.940. The van der Waals surface area contributed by atoms with E-state index in [0.717, 1.165) is 44.2 Å². The summed E-state index contributed by atoms with van der Waals surface area (Å²) in [6, 6.07) is 6.59. The van der Waals surface area contributed by atoms with Crippen molar-refractivity contribution in [3.63, 3.8) is 0 Å². The number of fused-ring (bicyclic) bond motifs is 1. The average molecular weight is 316 g/mol. The number of nitrogens with zero attached hydrogens (tertiary/aromatic N) is 1. The SMILES string of the molecule is CNC(O)c1ccc2c(c1)[C@@]13CCCC[C@@]1(O)[C@@H](C2)N(C)CC3. The van der Waals surface area contributed by atoms with Crippen LogP contribution in [0.5, 0.6) is 0 Å². The molecule has 3 aliphatic rings. The maximum atomic E-state index is 11.7. The van der Waals surface area contributed by atoms with Crippen molar-refractivity contribution >= 4 is 0 Å². The predicted octanol–water partition coefficient (Wildman–Crippen LogP) is 1.70. The number of likely N-dealkylation sites (N-methyl/N-ethyl adjacent to an activating group) is 1. The van der Waals surface area contributed by atoms with Crippen molar-refractivity contribution in [3.8, 4) is 0 Å². The predicted molar refractivity (Wildman–Crippen MR) is 90.3 cm³/mol. The molecular weight excluding hydrogens is 288 g/mol. The van der Waals surface area contributed by atoms with Crippen LogP contribution in [0.2, 0.25) is 0 Å². The molecule has 0 spiro atoms. The van der Waals surface area contributed by atoms with E-state index >= 15 is 0 Å². The molecular formula is C19H28N2O2. The largest absolute Gasteiger partial charge is 0.387 e. The van der Waals surface area contributed by atoms with Crippen LogP contribution in [-0.2, 0) is 11.8 Å². The fourth-order valence-electron chi connectivity index (χ4n) is 5.58. The number of rotatable bonds is 2. The molecule has 1 saturated heterocycles. The molecule has 2 bridgehead atoms. The van der Waals surface area contributed by atoms with E-state index in [1.165, 1.54) is 17.5 Å². The molecule has 1 aromatic rings. The van der Waals surface area contributed by atoms with Crippen molar-refractivity contribution in [3.05, 3.63) is 34.9 Å². The van der Waals surface area contributed by atoms with Crippen LogP contribution >= 0.6 is 0 Å². The molecule has 1 aliphatic heterocycles. The van der Waals surface area contributed by atoms with Gasteiger partial charge in [0.2, 0.25) is 0 Å². The molecule has 4 nitrogen and oxygen atoms in total. The van der Waals surface area contributed by atoms with E-state index < -0.39 is 11.8 Å². The molecule has 3 N–H and O–H groups in total. The maximum absolute atomic E-state index is 11.7. The van der Waals surface area contributed by atoms with Gasteiger partial charge >= 0.3 is 0 Å². The summed E-state index contributed by atoms with van der Waals surface area (Å²) < 4.78 is 0. The zero-order valence-corrected chi connectivity index (χ0v) is 14.2. The second-order valence-electron chi connectivity index (χ2n) is 7.77. The third-order valence-electron chi connectivity index (χ3n) is 6.87. The van der Waals surface area contributed by atoms with Gasteiger partial charge in [-0.15, -0.1) is 0 Å². The molecule has 1 aromatic carbocycles. The normalized spacial score (nSPS) is 37.8. The fraction of sp³-hybridized carbons (Fsp3) is 0.684. The van der Waals surface area contributed by atoms with E-state index in [2.05, 4.69) is 29.4 Å². The summed E-state index contributed by atoms with van der Waals surface area (Å²) in [6.45, 7) is 1.05. The van der Waals surface area contributed by atoms with Gasteiger partial charge < -0.3 is 15.1 Å². The molecule has 0 radical (unpaired) electrons. The van der Waals surface area contributed by atoms with Gasteiger partial charge in [-0.2, -0.15) is 0 Å². The Morgan fingerprint density at radius 2 is 2.04 bits per heavy atom. The number of likely N-dealkylation sites (tertiary alicyclic amines) is 1. The van der Waals surface area contributed by atoms with Crippen LogP contribution in [0.4, 0.5) is 0 Å². The van der Waals surface area contributed by atoms with Gasteiger partial charge in [-0.05, 0) is 63.0 Å². The minimum atomic E-state index is -0.641. The Kier molecular flexibility index (Phi) is 3.58. The topological polar surface area (TPSA) is 55.7 Å². The van der Waals surface area contributed by atoms with E-state index in [1.807, 2.05) is 6.07 Å². The van der Waals surface area contributed by atoms with Gasteiger partial charge in [-0.3, -0.25) is 5.32 Å². The Morgan fingerprint density at radius 1 is 1.26 bits per heavy atom. The zero-order chi connectivity index (χ0) is 16.2. The third-order valence-corrected chi connectivity index (χ3v) is 6.87. The molecule has 23 heavy (non-hydrogen) atoms. The molecule has 0 amide bonds. The van der Waals surface area contributed by atoms with Crippen LogP contribution in [0.15, 0.2) is 18.2 Å². The van der Waals surface area contributed by atoms with Gasteiger partial charge in [0, 0.05) is 11.5 Å². The maximum Gasteiger partial charge on any atom is 0.130 e. The van der Waals surface area contributed by atoms with Gasteiger partial charge in [0.1, 0.15) is 6.23 Å². The average Bonchev–Trinajstić information content (AvgIpc) is 2.57. The van der Waals surface area contributed by atoms with Crippen molar-refractivity contribution in [2.24, 2.45) is 0 Å².